The van der Waals surface area contributed by atoms with Gasteiger partial charge in [-0.2, -0.15) is 0 Å². The van der Waals surface area contributed by atoms with Crippen LogP contribution in [0.2, 0.25) is 5.02 Å². The summed E-state index contributed by atoms with van der Waals surface area (Å²) in [5.74, 6) is 0. The van der Waals surface area contributed by atoms with Crippen LogP contribution in [0.25, 0.3) is 0 Å². The van der Waals surface area contributed by atoms with Crippen LogP contribution in [0.3, 0.4) is 0 Å². The fourth-order valence-corrected chi connectivity index (χ4v) is 3.82. The van der Waals surface area contributed by atoms with Gasteiger partial charge in [0.05, 0.1) is 22.8 Å². The number of aliphatic imine (C=N–C) groups is 1. The Morgan fingerprint density at radius 3 is 2.61 bits per heavy atom. The molecule has 0 N–H and O–H groups in total. The van der Waals surface area contributed by atoms with Gasteiger partial charge in [0.15, 0.2) is 0 Å². The van der Waals surface area contributed by atoms with E-state index in [9.17, 15) is 4.79 Å². The van der Waals surface area contributed by atoms with Gasteiger partial charge in [-0.05, 0) is 56.2 Å². The van der Waals surface area contributed by atoms with Crippen molar-refractivity contribution in [3.63, 3.8) is 0 Å². The summed E-state index contributed by atoms with van der Waals surface area (Å²) in [7, 11) is 0. The molecule has 4 heteroatoms. The number of anilines is 1. The van der Waals surface area contributed by atoms with Crippen molar-refractivity contribution in [2.24, 2.45) is 10.4 Å². The fourth-order valence-electron chi connectivity index (χ4n) is 3.65. The van der Waals surface area contributed by atoms with E-state index in [-0.39, 0.29) is 11.5 Å². The SMILES string of the molecule is CC1=C2C(=Nc3cc(Cl)ccc3N2C(C)C)C(C)(C)C1=CC=O. The van der Waals surface area contributed by atoms with Crippen LogP contribution in [-0.2, 0) is 4.79 Å². The highest BCUT2D eigenvalue weighted by Gasteiger charge is 2.45. The number of hydrogen-bond acceptors (Lipinski definition) is 3. The van der Waals surface area contributed by atoms with Crippen molar-refractivity contribution in [1.82, 2.24) is 0 Å². The Bertz CT molecular complexity index is 785. The van der Waals surface area contributed by atoms with Crippen LogP contribution in [0.5, 0.6) is 0 Å². The second-order valence-electron chi connectivity index (χ2n) is 6.87. The van der Waals surface area contributed by atoms with Gasteiger partial charge in [-0.1, -0.05) is 25.4 Å². The van der Waals surface area contributed by atoms with Gasteiger partial charge in [0.25, 0.3) is 0 Å². The summed E-state index contributed by atoms with van der Waals surface area (Å²) in [6.45, 7) is 10.6. The average Bonchev–Trinajstić information content (AvgIpc) is 2.66. The third-order valence-corrected chi connectivity index (χ3v) is 4.91. The summed E-state index contributed by atoms with van der Waals surface area (Å²) in [4.78, 5) is 18.3. The molecule has 120 valence electrons. The minimum atomic E-state index is -0.298. The smallest absolute Gasteiger partial charge is 0.143 e. The molecule has 3 rings (SSSR count). The molecule has 1 heterocycles. The van der Waals surface area contributed by atoms with Crippen LogP contribution in [0.4, 0.5) is 11.4 Å². The zero-order chi connectivity index (χ0) is 16.9. The lowest BCUT2D eigenvalue weighted by Crippen LogP contribution is -2.38. The lowest BCUT2D eigenvalue weighted by Gasteiger charge is -2.37. The van der Waals surface area contributed by atoms with Crippen molar-refractivity contribution in [3.8, 4) is 0 Å². The van der Waals surface area contributed by atoms with E-state index in [0.717, 1.165) is 40.2 Å². The number of carbonyl (C=O) groups excluding carboxylic acids is 1. The van der Waals surface area contributed by atoms with Crippen molar-refractivity contribution in [1.29, 1.82) is 0 Å². The molecule has 0 radical (unpaired) electrons. The number of rotatable bonds is 2. The second kappa shape index (κ2) is 5.34. The van der Waals surface area contributed by atoms with Crippen LogP contribution in [-0.4, -0.2) is 18.0 Å². The molecule has 0 aromatic heterocycles. The second-order valence-corrected chi connectivity index (χ2v) is 7.31. The molecule has 0 spiro atoms. The summed E-state index contributed by atoms with van der Waals surface area (Å²) < 4.78 is 0. The number of carbonyl (C=O) groups is 1. The van der Waals surface area contributed by atoms with E-state index in [0.29, 0.717) is 5.02 Å². The quantitative estimate of drug-likeness (QED) is 0.560. The first-order valence-corrected chi connectivity index (χ1v) is 8.22. The molecule has 3 nitrogen and oxygen atoms in total. The summed E-state index contributed by atoms with van der Waals surface area (Å²) in [5, 5.41) is 0.681. The molecule has 2 aliphatic rings. The maximum absolute atomic E-state index is 11.1. The van der Waals surface area contributed by atoms with Gasteiger partial charge in [0.1, 0.15) is 6.29 Å². The van der Waals surface area contributed by atoms with Gasteiger partial charge in [0.2, 0.25) is 0 Å². The molecule has 1 aromatic carbocycles. The predicted octanol–water partition coefficient (Wildman–Crippen LogP) is 5.08. The minimum absolute atomic E-state index is 0.275. The molecule has 0 unspecified atom stereocenters. The van der Waals surface area contributed by atoms with Crippen molar-refractivity contribution < 1.29 is 4.79 Å². The first-order chi connectivity index (χ1) is 10.8. The van der Waals surface area contributed by atoms with E-state index in [1.807, 2.05) is 18.2 Å². The molecule has 0 atom stereocenters. The maximum atomic E-state index is 11.1. The third-order valence-electron chi connectivity index (χ3n) is 4.67. The predicted molar refractivity (Wildman–Crippen MR) is 96.8 cm³/mol. The van der Waals surface area contributed by atoms with Gasteiger partial charge in [-0.3, -0.25) is 4.79 Å². The zero-order valence-electron chi connectivity index (χ0n) is 14.1. The van der Waals surface area contributed by atoms with E-state index in [1.54, 1.807) is 6.08 Å². The summed E-state index contributed by atoms with van der Waals surface area (Å²) in [6, 6.07) is 6.10. The zero-order valence-corrected chi connectivity index (χ0v) is 14.9. The van der Waals surface area contributed by atoms with E-state index in [2.05, 4.69) is 39.5 Å². The van der Waals surface area contributed by atoms with Crippen molar-refractivity contribution in [2.45, 2.75) is 40.7 Å². The molecule has 23 heavy (non-hydrogen) atoms. The topological polar surface area (TPSA) is 32.7 Å². The molecule has 1 aliphatic carbocycles. The lowest BCUT2D eigenvalue weighted by atomic mass is 9.82. The average molecular weight is 329 g/mol. The molecule has 1 aromatic rings. The summed E-state index contributed by atoms with van der Waals surface area (Å²) in [6.07, 6.45) is 2.53. The van der Waals surface area contributed by atoms with Crippen LogP contribution < -0.4 is 4.90 Å². The van der Waals surface area contributed by atoms with E-state index in [4.69, 9.17) is 16.6 Å². The van der Waals surface area contributed by atoms with Gasteiger partial charge in [-0.25, -0.2) is 4.99 Å². The Morgan fingerprint density at radius 1 is 1.30 bits per heavy atom. The molecular formula is C19H21ClN2O. The Labute approximate surface area is 142 Å². The molecule has 0 saturated heterocycles. The van der Waals surface area contributed by atoms with Gasteiger partial charge < -0.3 is 4.90 Å². The first-order valence-electron chi connectivity index (χ1n) is 7.84. The molecule has 0 bridgehead atoms. The third kappa shape index (κ3) is 2.26. The highest BCUT2D eigenvalue weighted by atomic mass is 35.5. The van der Waals surface area contributed by atoms with E-state index >= 15 is 0 Å². The number of fused-ring (bicyclic) bond motifs is 2. The van der Waals surface area contributed by atoms with Gasteiger partial charge in [0, 0.05) is 16.5 Å². The van der Waals surface area contributed by atoms with Crippen molar-refractivity contribution in [2.75, 3.05) is 4.90 Å². The first kappa shape index (κ1) is 16.0. The number of aldehydes is 1. The van der Waals surface area contributed by atoms with Crippen molar-refractivity contribution >= 4 is 35.0 Å². The highest BCUT2D eigenvalue weighted by Crippen LogP contribution is 2.51. The summed E-state index contributed by atoms with van der Waals surface area (Å²) >= 11 is 6.17. The highest BCUT2D eigenvalue weighted by molar-refractivity contribution is 6.31. The Kier molecular flexibility index (Phi) is 3.72. The number of allylic oxidation sites excluding steroid dienone is 4. The Balaban J connectivity index is 2.35. The maximum Gasteiger partial charge on any atom is 0.143 e. The minimum Gasteiger partial charge on any atom is -0.335 e. The van der Waals surface area contributed by atoms with Crippen LogP contribution in [0, 0.1) is 5.41 Å². The molecule has 0 saturated carbocycles. The largest absolute Gasteiger partial charge is 0.335 e. The van der Waals surface area contributed by atoms with Crippen molar-refractivity contribution in [3.05, 3.63) is 46.1 Å². The van der Waals surface area contributed by atoms with Gasteiger partial charge in [-0.15, -0.1) is 0 Å². The monoisotopic (exact) mass is 328 g/mol. The van der Waals surface area contributed by atoms with Crippen LogP contribution in [0.1, 0.15) is 34.6 Å². The summed E-state index contributed by atoms with van der Waals surface area (Å²) in [5.41, 5.74) is 5.93. The lowest BCUT2D eigenvalue weighted by molar-refractivity contribution is -0.104. The molecule has 0 amide bonds. The number of benzene rings is 1. The number of nitrogens with zero attached hydrogens (tertiary/aromatic N) is 2. The Morgan fingerprint density at radius 2 is 2.00 bits per heavy atom. The van der Waals surface area contributed by atoms with Crippen LogP contribution >= 0.6 is 11.6 Å². The molecule has 0 fully saturated rings. The van der Waals surface area contributed by atoms with Crippen LogP contribution in [0.15, 0.2) is 46.1 Å². The van der Waals surface area contributed by atoms with E-state index in [1.165, 1.54) is 0 Å². The standard InChI is InChI=1S/C19H21ClN2O/c1-11(2)22-16-7-6-13(20)10-15(16)21-18-17(22)12(3)14(8-9-23)19(18,4)5/h6-11H,1-5H3. The molecule has 1 aliphatic heterocycles. The van der Waals surface area contributed by atoms with Gasteiger partial charge >= 0.3 is 0 Å². The Hall–Kier alpha value is -1.87. The fraction of sp³-hybridized carbons (Fsp3) is 0.368. The number of hydrogen-bond donors (Lipinski definition) is 0. The normalized spacial score (nSPS) is 20.7. The number of halogens is 1. The van der Waals surface area contributed by atoms with E-state index < -0.39 is 0 Å². The molecular weight excluding hydrogens is 308 g/mol.